The zero-order valence-electron chi connectivity index (χ0n) is 18.3. The summed E-state index contributed by atoms with van der Waals surface area (Å²) in [5.41, 5.74) is 0.220. The van der Waals surface area contributed by atoms with Crippen LogP contribution in [0.5, 0.6) is 5.75 Å². The number of carbonyl (C=O) groups is 2. The number of hydrogen-bond acceptors (Lipinski definition) is 5. The first kappa shape index (κ1) is 22.6. The van der Waals surface area contributed by atoms with Crippen LogP contribution in [0, 0.1) is 5.41 Å². The SMILES string of the molecule is Cn1nccc1C(=O)N1CCC(COc2cccc(Cl)c2)(CC(=O)N2CCOCC2)CC1. The van der Waals surface area contributed by atoms with E-state index in [2.05, 4.69) is 5.10 Å². The van der Waals surface area contributed by atoms with Crippen molar-refractivity contribution < 1.29 is 19.1 Å². The molecule has 0 radical (unpaired) electrons. The van der Waals surface area contributed by atoms with Gasteiger partial charge in [-0.25, -0.2) is 0 Å². The van der Waals surface area contributed by atoms with Crippen LogP contribution in [-0.4, -0.2) is 77.4 Å². The fraction of sp³-hybridized carbons (Fsp3) is 0.522. The normalized spacial score (nSPS) is 18.4. The highest BCUT2D eigenvalue weighted by molar-refractivity contribution is 6.30. The van der Waals surface area contributed by atoms with Crippen molar-refractivity contribution in [3.63, 3.8) is 0 Å². The minimum absolute atomic E-state index is 0.0335. The highest BCUT2D eigenvalue weighted by Crippen LogP contribution is 2.37. The molecule has 1 aromatic heterocycles. The second-order valence-corrected chi connectivity index (χ2v) is 8.98. The fourth-order valence-electron chi connectivity index (χ4n) is 4.34. The van der Waals surface area contributed by atoms with E-state index in [0.717, 1.165) is 0 Å². The van der Waals surface area contributed by atoms with Gasteiger partial charge < -0.3 is 19.3 Å². The van der Waals surface area contributed by atoms with Gasteiger partial charge in [-0.1, -0.05) is 17.7 Å². The van der Waals surface area contributed by atoms with Gasteiger partial charge in [-0.15, -0.1) is 0 Å². The van der Waals surface area contributed by atoms with Gasteiger partial charge in [0.2, 0.25) is 5.91 Å². The number of halogens is 1. The smallest absolute Gasteiger partial charge is 0.272 e. The molecule has 0 N–H and O–H groups in total. The van der Waals surface area contributed by atoms with Gasteiger partial charge in [-0.2, -0.15) is 5.10 Å². The van der Waals surface area contributed by atoms with Crippen molar-refractivity contribution in [1.29, 1.82) is 0 Å². The number of aryl methyl sites for hydroxylation is 1. The van der Waals surface area contributed by atoms with Crippen LogP contribution in [0.1, 0.15) is 29.8 Å². The lowest BCUT2D eigenvalue weighted by atomic mass is 9.75. The van der Waals surface area contributed by atoms with Crippen molar-refractivity contribution in [2.45, 2.75) is 19.3 Å². The zero-order chi connectivity index (χ0) is 22.6. The summed E-state index contributed by atoms with van der Waals surface area (Å²) in [5.74, 6) is 0.771. The first-order valence-corrected chi connectivity index (χ1v) is 11.3. The fourth-order valence-corrected chi connectivity index (χ4v) is 4.52. The van der Waals surface area contributed by atoms with Crippen LogP contribution in [0.15, 0.2) is 36.5 Å². The molecule has 9 heteroatoms. The summed E-state index contributed by atoms with van der Waals surface area (Å²) in [6, 6.07) is 9.02. The van der Waals surface area contributed by atoms with Crippen LogP contribution in [0.25, 0.3) is 0 Å². The van der Waals surface area contributed by atoms with Crippen molar-refractivity contribution in [3.8, 4) is 5.75 Å². The van der Waals surface area contributed by atoms with Gasteiger partial charge in [-0.05, 0) is 37.1 Å². The molecular formula is C23H29ClN4O4. The third kappa shape index (κ3) is 5.24. The Morgan fingerprint density at radius 3 is 2.53 bits per heavy atom. The van der Waals surface area contributed by atoms with Gasteiger partial charge in [0.15, 0.2) is 0 Å². The predicted octanol–water partition coefficient (Wildman–Crippen LogP) is 2.62. The van der Waals surface area contributed by atoms with Gasteiger partial charge in [-0.3, -0.25) is 14.3 Å². The van der Waals surface area contributed by atoms with Crippen molar-refractivity contribution in [3.05, 3.63) is 47.2 Å². The molecule has 0 bridgehead atoms. The summed E-state index contributed by atoms with van der Waals surface area (Å²) < 4.78 is 13.1. The monoisotopic (exact) mass is 460 g/mol. The van der Waals surface area contributed by atoms with E-state index in [1.165, 1.54) is 0 Å². The van der Waals surface area contributed by atoms with E-state index < -0.39 is 0 Å². The second kappa shape index (κ2) is 9.92. The first-order valence-electron chi connectivity index (χ1n) is 11.0. The lowest BCUT2D eigenvalue weighted by Gasteiger charge is -2.42. The van der Waals surface area contributed by atoms with Crippen LogP contribution < -0.4 is 4.74 Å². The van der Waals surface area contributed by atoms with E-state index in [1.807, 2.05) is 21.9 Å². The van der Waals surface area contributed by atoms with E-state index in [4.69, 9.17) is 21.1 Å². The molecule has 2 aliphatic rings. The van der Waals surface area contributed by atoms with Crippen LogP contribution in [0.3, 0.4) is 0 Å². The number of amides is 2. The number of piperidine rings is 1. The Labute approximate surface area is 193 Å². The third-order valence-corrected chi connectivity index (χ3v) is 6.62. The second-order valence-electron chi connectivity index (χ2n) is 8.55. The molecule has 0 atom stereocenters. The maximum Gasteiger partial charge on any atom is 0.272 e. The van der Waals surface area contributed by atoms with Crippen LogP contribution in [-0.2, 0) is 16.6 Å². The Balaban J connectivity index is 1.45. The van der Waals surface area contributed by atoms with Crippen molar-refractivity contribution in [2.75, 3.05) is 46.0 Å². The highest BCUT2D eigenvalue weighted by atomic mass is 35.5. The predicted molar refractivity (Wildman–Crippen MR) is 120 cm³/mol. The topological polar surface area (TPSA) is 76.9 Å². The van der Waals surface area contributed by atoms with Gasteiger partial charge >= 0.3 is 0 Å². The summed E-state index contributed by atoms with van der Waals surface area (Å²) in [6.45, 7) is 3.93. The van der Waals surface area contributed by atoms with Gasteiger partial charge in [0, 0.05) is 56.3 Å². The molecule has 3 heterocycles. The molecular weight excluding hydrogens is 432 g/mol. The van der Waals surface area contributed by atoms with Crippen molar-refractivity contribution >= 4 is 23.4 Å². The molecule has 2 fully saturated rings. The molecule has 4 rings (SSSR count). The molecule has 0 spiro atoms. The summed E-state index contributed by atoms with van der Waals surface area (Å²) in [5, 5.41) is 4.71. The molecule has 32 heavy (non-hydrogen) atoms. The molecule has 1 aromatic carbocycles. The Hall–Kier alpha value is -2.58. The van der Waals surface area contributed by atoms with Gasteiger partial charge in [0.25, 0.3) is 5.91 Å². The minimum Gasteiger partial charge on any atom is -0.493 e. The van der Waals surface area contributed by atoms with Crippen molar-refractivity contribution in [2.24, 2.45) is 12.5 Å². The summed E-state index contributed by atoms with van der Waals surface area (Å²) >= 11 is 6.10. The van der Waals surface area contributed by atoms with Crippen molar-refractivity contribution in [1.82, 2.24) is 19.6 Å². The number of morpholine rings is 1. The maximum atomic E-state index is 13.1. The first-order chi connectivity index (χ1) is 15.5. The molecule has 2 aromatic rings. The Morgan fingerprint density at radius 1 is 1.12 bits per heavy atom. The molecule has 0 aliphatic carbocycles. The molecule has 0 saturated carbocycles. The molecule has 172 valence electrons. The van der Waals surface area contributed by atoms with Crippen LogP contribution in [0.2, 0.25) is 5.02 Å². The number of carbonyl (C=O) groups excluding carboxylic acids is 2. The average molecular weight is 461 g/mol. The van der Waals surface area contributed by atoms with E-state index in [-0.39, 0.29) is 17.2 Å². The average Bonchev–Trinajstić information content (AvgIpc) is 3.24. The number of hydrogen-bond donors (Lipinski definition) is 0. The van der Waals surface area contributed by atoms with Crippen LogP contribution in [0.4, 0.5) is 0 Å². The molecule has 2 amide bonds. The number of likely N-dealkylation sites (tertiary alicyclic amines) is 1. The van der Waals surface area contributed by atoms with E-state index >= 15 is 0 Å². The zero-order valence-corrected chi connectivity index (χ0v) is 19.1. The summed E-state index contributed by atoms with van der Waals surface area (Å²) in [6.07, 6.45) is 3.39. The quantitative estimate of drug-likeness (QED) is 0.662. The summed E-state index contributed by atoms with van der Waals surface area (Å²) in [7, 11) is 1.77. The lowest BCUT2D eigenvalue weighted by Crippen LogP contribution is -2.49. The number of rotatable bonds is 6. The number of nitrogens with zero attached hydrogens (tertiary/aromatic N) is 4. The largest absolute Gasteiger partial charge is 0.493 e. The number of aromatic nitrogens is 2. The molecule has 0 unspecified atom stereocenters. The lowest BCUT2D eigenvalue weighted by molar-refractivity contribution is -0.139. The minimum atomic E-state index is -0.346. The van der Waals surface area contributed by atoms with Gasteiger partial charge in [0.05, 0.1) is 19.8 Å². The number of ether oxygens (including phenoxy) is 2. The maximum absolute atomic E-state index is 13.1. The van der Waals surface area contributed by atoms with Crippen LogP contribution >= 0.6 is 11.6 Å². The molecule has 2 saturated heterocycles. The van der Waals surface area contributed by atoms with E-state index in [9.17, 15) is 9.59 Å². The Morgan fingerprint density at radius 2 is 1.88 bits per heavy atom. The highest BCUT2D eigenvalue weighted by Gasteiger charge is 2.40. The molecule has 8 nitrogen and oxygen atoms in total. The molecule has 2 aliphatic heterocycles. The summed E-state index contributed by atoms with van der Waals surface area (Å²) in [4.78, 5) is 29.7. The van der Waals surface area contributed by atoms with E-state index in [0.29, 0.717) is 81.7 Å². The third-order valence-electron chi connectivity index (χ3n) is 6.38. The number of benzene rings is 1. The Kier molecular flexibility index (Phi) is 7.01. The standard InChI is InChI=1S/C23H29ClN4O4/c1-26-20(5-8-25-26)22(30)28-9-6-23(7-10-28,16-21(29)27-11-13-31-14-12-27)17-32-19-4-2-3-18(24)15-19/h2-5,8,15H,6-7,9-14,16-17H2,1H3. The van der Waals surface area contributed by atoms with E-state index in [1.54, 1.807) is 36.1 Å². The Bertz CT molecular complexity index is 949. The van der Waals surface area contributed by atoms with Gasteiger partial charge in [0.1, 0.15) is 11.4 Å².